The number of aromatic hydroxyl groups is 1. The molecule has 0 saturated carbocycles. The zero-order valence-electron chi connectivity index (χ0n) is 13.2. The first-order valence-electron chi connectivity index (χ1n) is 7.39. The predicted molar refractivity (Wildman–Crippen MR) is 93.2 cm³/mol. The molecule has 0 atom stereocenters. The van der Waals surface area contributed by atoms with E-state index < -0.39 is 10.7 Å². The molecule has 0 aliphatic rings. The lowest BCUT2D eigenvalue weighted by molar-refractivity contribution is -0.384. The lowest BCUT2D eigenvalue weighted by atomic mass is 9.99. The normalized spacial score (nSPS) is 10.5. The molecule has 1 heterocycles. The summed E-state index contributed by atoms with van der Waals surface area (Å²) >= 11 is 0. The fourth-order valence-electron chi connectivity index (χ4n) is 2.52. The number of rotatable bonds is 4. The Hall–Kier alpha value is -3.81. The number of aromatic nitrogens is 1. The summed E-state index contributed by atoms with van der Waals surface area (Å²) in [5.74, 6) is -0.703. The van der Waals surface area contributed by atoms with Crippen LogP contribution in [-0.2, 0) is 0 Å². The number of hydrogen-bond acceptors (Lipinski definition) is 6. The van der Waals surface area contributed by atoms with Gasteiger partial charge in [0, 0.05) is 35.0 Å². The highest BCUT2D eigenvalue weighted by Crippen LogP contribution is 2.33. The molecule has 0 saturated heterocycles. The van der Waals surface area contributed by atoms with Crippen molar-refractivity contribution in [3.05, 3.63) is 70.2 Å². The van der Waals surface area contributed by atoms with Crippen molar-refractivity contribution in [3.8, 4) is 28.0 Å². The third-order valence-corrected chi connectivity index (χ3v) is 3.86. The quantitative estimate of drug-likeness (QED) is 0.420. The molecule has 3 aromatic rings. The molecule has 1 aromatic heterocycles. The molecule has 0 amide bonds. The molecule has 7 nitrogen and oxygen atoms in total. The highest BCUT2D eigenvalue weighted by Gasteiger charge is 2.15. The number of carbonyl (C=O) groups excluding carboxylic acids is 1. The lowest BCUT2D eigenvalue weighted by Gasteiger charge is -2.10. The third-order valence-electron chi connectivity index (χ3n) is 3.86. The largest absolute Gasteiger partial charge is 0.507 e. The van der Waals surface area contributed by atoms with E-state index >= 15 is 0 Å². The van der Waals surface area contributed by atoms with E-state index in [1.807, 2.05) is 0 Å². The first kappa shape index (κ1) is 17.0. The van der Waals surface area contributed by atoms with Gasteiger partial charge in [-0.1, -0.05) is 6.07 Å². The molecule has 26 heavy (non-hydrogen) atoms. The summed E-state index contributed by atoms with van der Waals surface area (Å²) < 4.78 is 14.2. The summed E-state index contributed by atoms with van der Waals surface area (Å²) in [6.45, 7) is 0. The van der Waals surface area contributed by atoms with Gasteiger partial charge >= 0.3 is 0 Å². The van der Waals surface area contributed by atoms with Gasteiger partial charge in [-0.3, -0.25) is 14.9 Å². The lowest BCUT2D eigenvalue weighted by Crippen LogP contribution is -1.97. The van der Waals surface area contributed by atoms with Crippen molar-refractivity contribution < 1.29 is 19.2 Å². The van der Waals surface area contributed by atoms with Gasteiger partial charge in [0.1, 0.15) is 17.4 Å². The molecule has 0 bridgehead atoms. The molecular formula is C18H12FN3O4. The average Bonchev–Trinajstić information content (AvgIpc) is 2.63. The molecule has 3 rings (SSSR count). The van der Waals surface area contributed by atoms with Crippen molar-refractivity contribution in [1.29, 1.82) is 0 Å². The van der Waals surface area contributed by atoms with Crippen molar-refractivity contribution in [3.63, 3.8) is 0 Å². The number of benzene rings is 2. The molecule has 3 N–H and O–H groups in total. The molecule has 0 radical (unpaired) electrons. The number of nitrogens with zero attached hydrogens (tertiary/aromatic N) is 2. The molecule has 8 heteroatoms. The second-order valence-electron chi connectivity index (χ2n) is 5.47. The molecule has 0 unspecified atom stereocenters. The van der Waals surface area contributed by atoms with Crippen molar-refractivity contribution in [1.82, 2.24) is 4.98 Å². The molecule has 2 aromatic carbocycles. The van der Waals surface area contributed by atoms with E-state index in [1.165, 1.54) is 30.5 Å². The average molecular weight is 353 g/mol. The van der Waals surface area contributed by atoms with Crippen LogP contribution in [0.2, 0.25) is 0 Å². The van der Waals surface area contributed by atoms with Crippen molar-refractivity contribution >= 4 is 17.8 Å². The van der Waals surface area contributed by atoms with Crippen molar-refractivity contribution in [2.24, 2.45) is 0 Å². The number of hydrogen-bond donors (Lipinski definition) is 2. The standard InChI is InChI=1S/C18H12FN3O4/c19-16-3-2-13(22(25)26)7-14(16)11-6-15(18(20)21-8-11)10-1-4-17(24)12(5-10)9-23/h1-9,24H,(H2,20,21). The molecule has 0 aliphatic heterocycles. The number of pyridine rings is 1. The Morgan fingerprint density at radius 1 is 1.12 bits per heavy atom. The van der Waals surface area contributed by atoms with Gasteiger partial charge in [0.25, 0.3) is 5.69 Å². The number of aldehydes is 1. The summed E-state index contributed by atoms with van der Waals surface area (Å²) in [4.78, 5) is 25.3. The molecule has 0 spiro atoms. The molecule has 130 valence electrons. The first-order valence-corrected chi connectivity index (χ1v) is 7.39. The van der Waals surface area contributed by atoms with Crippen LogP contribution < -0.4 is 5.73 Å². The van der Waals surface area contributed by atoms with Crippen LogP contribution >= 0.6 is 0 Å². The Balaban J connectivity index is 2.16. The number of nitro benzene ring substituents is 1. The number of phenolic OH excluding ortho intramolecular Hbond substituents is 1. The van der Waals surface area contributed by atoms with Gasteiger partial charge in [-0.2, -0.15) is 0 Å². The Bertz CT molecular complexity index is 1040. The maximum atomic E-state index is 14.2. The minimum atomic E-state index is -0.646. The summed E-state index contributed by atoms with van der Waals surface area (Å²) in [6.07, 6.45) is 1.80. The summed E-state index contributed by atoms with van der Waals surface area (Å²) in [5, 5.41) is 20.5. The number of carbonyl (C=O) groups is 1. The minimum Gasteiger partial charge on any atom is -0.507 e. The molecule has 0 aliphatic carbocycles. The van der Waals surface area contributed by atoms with E-state index in [4.69, 9.17) is 5.73 Å². The van der Waals surface area contributed by atoms with Crippen LogP contribution in [0.5, 0.6) is 5.75 Å². The van der Waals surface area contributed by atoms with E-state index in [0.29, 0.717) is 17.4 Å². The number of halogens is 1. The van der Waals surface area contributed by atoms with Gasteiger partial charge in [-0.25, -0.2) is 9.37 Å². The van der Waals surface area contributed by atoms with Crippen LogP contribution in [0.15, 0.2) is 48.7 Å². The summed E-state index contributed by atoms with van der Waals surface area (Å²) in [6, 6.07) is 8.99. The number of non-ortho nitro benzene ring substituents is 1. The Morgan fingerprint density at radius 3 is 2.58 bits per heavy atom. The van der Waals surface area contributed by atoms with E-state index in [2.05, 4.69) is 4.98 Å². The maximum absolute atomic E-state index is 14.2. The van der Waals surface area contributed by atoms with E-state index in [1.54, 1.807) is 0 Å². The van der Waals surface area contributed by atoms with Crippen LogP contribution in [0.25, 0.3) is 22.3 Å². The third kappa shape index (κ3) is 3.07. The second kappa shape index (κ2) is 6.60. The summed E-state index contributed by atoms with van der Waals surface area (Å²) in [7, 11) is 0. The van der Waals surface area contributed by atoms with Crippen LogP contribution in [0.3, 0.4) is 0 Å². The number of nitrogen functional groups attached to an aromatic ring is 1. The smallest absolute Gasteiger partial charge is 0.270 e. The fraction of sp³-hybridized carbons (Fsp3) is 0. The van der Waals surface area contributed by atoms with Crippen LogP contribution in [0, 0.1) is 15.9 Å². The predicted octanol–water partition coefficient (Wildman–Crippen LogP) is 3.56. The van der Waals surface area contributed by atoms with Crippen LogP contribution in [0.1, 0.15) is 10.4 Å². The Morgan fingerprint density at radius 2 is 1.88 bits per heavy atom. The van der Waals surface area contributed by atoms with Gasteiger partial charge in [0.2, 0.25) is 0 Å². The summed E-state index contributed by atoms with van der Waals surface area (Å²) in [5.41, 5.74) is 6.87. The van der Waals surface area contributed by atoms with Crippen LogP contribution in [-0.4, -0.2) is 21.3 Å². The minimum absolute atomic E-state index is 0.00217. The van der Waals surface area contributed by atoms with Crippen molar-refractivity contribution in [2.75, 3.05) is 5.73 Å². The van der Waals surface area contributed by atoms with Gasteiger partial charge in [0.05, 0.1) is 10.5 Å². The number of anilines is 1. The highest BCUT2D eigenvalue weighted by atomic mass is 19.1. The van der Waals surface area contributed by atoms with Gasteiger partial charge in [0.15, 0.2) is 6.29 Å². The second-order valence-corrected chi connectivity index (χ2v) is 5.47. The number of phenols is 1. The van der Waals surface area contributed by atoms with E-state index in [0.717, 1.165) is 18.2 Å². The highest BCUT2D eigenvalue weighted by molar-refractivity contribution is 5.86. The fourth-order valence-corrected chi connectivity index (χ4v) is 2.52. The Labute approximate surface area is 146 Å². The monoisotopic (exact) mass is 353 g/mol. The van der Waals surface area contributed by atoms with Gasteiger partial charge < -0.3 is 10.8 Å². The number of nitrogens with two attached hydrogens (primary N) is 1. The Kier molecular flexibility index (Phi) is 4.32. The zero-order chi connectivity index (χ0) is 18.8. The van der Waals surface area contributed by atoms with Gasteiger partial charge in [-0.05, 0) is 29.8 Å². The molecule has 0 fully saturated rings. The topological polar surface area (TPSA) is 119 Å². The zero-order valence-corrected chi connectivity index (χ0v) is 13.2. The van der Waals surface area contributed by atoms with E-state index in [9.17, 15) is 24.4 Å². The molecular weight excluding hydrogens is 341 g/mol. The first-order chi connectivity index (χ1) is 12.4. The van der Waals surface area contributed by atoms with E-state index in [-0.39, 0.29) is 33.9 Å². The maximum Gasteiger partial charge on any atom is 0.270 e. The van der Waals surface area contributed by atoms with Gasteiger partial charge in [-0.15, -0.1) is 0 Å². The van der Waals surface area contributed by atoms with Crippen LogP contribution in [0.4, 0.5) is 15.9 Å². The number of nitro groups is 1. The SMILES string of the molecule is Nc1ncc(-c2cc([N+](=O)[O-])ccc2F)cc1-c1ccc(O)c(C=O)c1. The van der Waals surface area contributed by atoms with Crippen molar-refractivity contribution in [2.45, 2.75) is 0 Å².